The van der Waals surface area contributed by atoms with E-state index in [9.17, 15) is 21.4 Å². The molecule has 0 radical (unpaired) electrons. The first kappa shape index (κ1) is 29.4. The molecule has 12 nitrogen and oxygen atoms in total. The fourth-order valence-electron chi connectivity index (χ4n) is 3.10. The summed E-state index contributed by atoms with van der Waals surface area (Å²) in [5.74, 6) is 0.769. The minimum Gasteiger partial charge on any atom is -0.726 e. The van der Waals surface area contributed by atoms with Crippen LogP contribution in [0.4, 0.5) is 22.2 Å². The molecule has 0 atom stereocenters. The molecule has 3 rings (SSSR count). The number of thiazole rings is 1. The Kier molecular flexibility index (Phi) is 10.1. The van der Waals surface area contributed by atoms with E-state index in [1.54, 1.807) is 19.2 Å². The average molecular weight is 560 g/mol. The van der Waals surface area contributed by atoms with Gasteiger partial charge in [-0.25, -0.2) is 21.4 Å². The van der Waals surface area contributed by atoms with Crippen LogP contribution in [-0.2, 0) is 31.7 Å². The minimum atomic E-state index is -4.41. The number of rotatable bonds is 9. The zero-order valence-corrected chi connectivity index (χ0v) is 23.2. The van der Waals surface area contributed by atoms with Gasteiger partial charge in [0.25, 0.3) is 0 Å². The van der Waals surface area contributed by atoms with Crippen LogP contribution in [0.1, 0.15) is 13.8 Å². The first-order valence-corrected chi connectivity index (χ1v) is 14.6. The zero-order valence-electron chi connectivity index (χ0n) is 20.7. The van der Waals surface area contributed by atoms with Gasteiger partial charge < -0.3 is 14.2 Å². The van der Waals surface area contributed by atoms with Gasteiger partial charge in [-0.1, -0.05) is 0 Å². The quantitative estimate of drug-likeness (QED) is 0.181. The van der Waals surface area contributed by atoms with Crippen molar-refractivity contribution < 1.29 is 34.9 Å². The minimum absolute atomic E-state index is 0.399. The average Bonchev–Trinajstić information content (AvgIpc) is 3.13. The molecule has 0 aliphatic carbocycles. The molecule has 0 unspecified atom stereocenters. The second kappa shape index (κ2) is 12.4. The summed E-state index contributed by atoms with van der Waals surface area (Å²) in [6.07, 6.45) is 1.12. The Bertz CT molecular complexity index is 1430. The molecule has 198 valence electrons. The zero-order chi connectivity index (χ0) is 27.1. The summed E-state index contributed by atoms with van der Waals surface area (Å²) in [5, 5.41) is 9.43. The Hall–Kier alpha value is -2.85. The smallest absolute Gasteiger partial charge is 0.409 e. The highest BCUT2D eigenvalue weighted by Crippen LogP contribution is 2.34. The molecule has 2 aromatic carbocycles. The molecule has 36 heavy (non-hydrogen) atoms. The second-order valence-electron chi connectivity index (χ2n) is 7.30. The molecular weight excluding hydrogens is 530 g/mol. The van der Waals surface area contributed by atoms with Crippen molar-refractivity contribution in [1.82, 2.24) is 0 Å². The predicted molar refractivity (Wildman–Crippen MR) is 139 cm³/mol. The van der Waals surface area contributed by atoms with E-state index in [-0.39, 0.29) is 0 Å². The molecule has 0 saturated heterocycles. The second-order valence-corrected chi connectivity index (χ2v) is 11.2. The Morgan fingerprint density at radius 2 is 1.69 bits per heavy atom. The lowest BCUT2D eigenvalue weighted by atomic mass is 10.2. The molecule has 0 spiro atoms. The molecule has 0 fully saturated rings. The molecule has 1 N–H and O–H groups in total. The molecular formula is C21H29N5O7S3. The van der Waals surface area contributed by atoms with Crippen LogP contribution in [0, 0.1) is 0 Å². The number of aryl methyl sites for hydroxylation is 1. The maximum Gasteiger partial charge on any atom is 0.409 e. The number of hydrogen-bond donors (Lipinski definition) is 1. The van der Waals surface area contributed by atoms with E-state index in [0.29, 0.717) is 16.5 Å². The van der Waals surface area contributed by atoms with E-state index in [1.165, 1.54) is 11.3 Å². The normalized spacial score (nSPS) is 11.9. The first-order chi connectivity index (χ1) is 16.8. The lowest BCUT2D eigenvalue weighted by Gasteiger charge is -2.22. The Morgan fingerprint density at radius 1 is 1.06 bits per heavy atom. The van der Waals surface area contributed by atoms with Gasteiger partial charge in [-0.2, -0.15) is 0 Å². The summed E-state index contributed by atoms with van der Waals surface area (Å²) >= 11 is 1.50. The van der Waals surface area contributed by atoms with Gasteiger partial charge in [-0.3, -0.25) is 8.91 Å². The third kappa shape index (κ3) is 8.37. The van der Waals surface area contributed by atoms with Crippen molar-refractivity contribution in [2.75, 3.05) is 43.2 Å². The number of anilines is 2. The van der Waals surface area contributed by atoms with E-state index >= 15 is 0 Å². The van der Waals surface area contributed by atoms with Crippen LogP contribution in [-0.4, -0.2) is 55.0 Å². The molecule has 1 aromatic heterocycles. The Labute approximate surface area is 215 Å². The van der Waals surface area contributed by atoms with Crippen LogP contribution in [0.3, 0.4) is 0 Å². The van der Waals surface area contributed by atoms with Gasteiger partial charge in [0.15, 0.2) is 0 Å². The van der Waals surface area contributed by atoms with E-state index < -0.39 is 20.4 Å². The molecule has 0 amide bonds. The molecule has 3 aromatic rings. The number of aromatic nitrogens is 1. The van der Waals surface area contributed by atoms with Gasteiger partial charge in [0.1, 0.15) is 17.0 Å². The molecule has 1 heterocycles. The summed E-state index contributed by atoms with van der Waals surface area (Å²) in [6.45, 7) is 5.74. The SMILES string of the molecule is CCN(CC)c1ccc(N=Nc2sc3ccc(OC)cc3[n+]2C)c(NS(C)(=O)=O)c1.COS(=O)(=O)[O-]. The summed E-state index contributed by atoms with van der Waals surface area (Å²) in [7, 11) is -3.53. The summed E-state index contributed by atoms with van der Waals surface area (Å²) in [4.78, 5) is 2.13. The molecule has 0 saturated carbocycles. The first-order valence-electron chi connectivity index (χ1n) is 10.6. The van der Waals surface area contributed by atoms with Crippen LogP contribution < -0.4 is 18.9 Å². The van der Waals surface area contributed by atoms with E-state index in [1.807, 2.05) is 35.9 Å². The topological polar surface area (TPSA) is 154 Å². The van der Waals surface area contributed by atoms with Crippen molar-refractivity contribution in [3.8, 4) is 5.75 Å². The highest BCUT2D eigenvalue weighted by atomic mass is 32.3. The lowest BCUT2D eigenvalue weighted by Crippen LogP contribution is -2.25. The third-order valence-electron chi connectivity index (χ3n) is 4.87. The van der Waals surface area contributed by atoms with E-state index in [0.717, 1.165) is 48.1 Å². The van der Waals surface area contributed by atoms with E-state index in [2.05, 4.69) is 37.9 Å². The predicted octanol–water partition coefficient (Wildman–Crippen LogP) is 3.46. The van der Waals surface area contributed by atoms with E-state index in [4.69, 9.17) is 4.74 Å². The van der Waals surface area contributed by atoms with Crippen LogP contribution >= 0.6 is 11.3 Å². The van der Waals surface area contributed by atoms with Crippen molar-refractivity contribution >= 4 is 64.2 Å². The molecule has 15 heteroatoms. The largest absolute Gasteiger partial charge is 0.726 e. The number of nitrogens with one attached hydrogen (secondary N) is 1. The number of sulfonamides is 1. The van der Waals surface area contributed by atoms with Gasteiger partial charge in [0, 0.05) is 24.8 Å². The lowest BCUT2D eigenvalue weighted by molar-refractivity contribution is -0.627. The third-order valence-corrected chi connectivity index (χ3v) is 6.97. The van der Waals surface area contributed by atoms with Crippen molar-refractivity contribution in [1.29, 1.82) is 0 Å². The van der Waals surface area contributed by atoms with Crippen LogP contribution in [0.2, 0.25) is 0 Å². The number of hydrogen-bond acceptors (Lipinski definition) is 11. The van der Waals surface area contributed by atoms with Crippen LogP contribution in [0.5, 0.6) is 5.75 Å². The number of methoxy groups -OCH3 is 1. The molecule has 0 aliphatic rings. The van der Waals surface area contributed by atoms with Crippen LogP contribution in [0.25, 0.3) is 10.2 Å². The molecule has 0 bridgehead atoms. The van der Waals surface area contributed by atoms with Gasteiger partial charge in [0.05, 0.1) is 43.0 Å². The van der Waals surface area contributed by atoms with Gasteiger partial charge in [0.2, 0.25) is 20.4 Å². The molecule has 0 aliphatic heterocycles. The summed E-state index contributed by atoms with van der Waals surface area (Å²) < 4.78 is 65.6. The Morgan fingerprint density at radius 3 is 2.22 bits per heavy atom. The highest BCUT2D eigenvalue weighted by Gasteiger charge is 2.18. The monoisotopic (exact) mass is 559 g/mol. The maximum absolute atomic E-state index is 11.9. The van der Waals surface area contributed by atoms with Gasteiger partial charge in [-0.05, 0) is 60.6 Å². The Balaban J connectivity index is 0.000000678. The van der Waals surface area contributed by atoms with Crippen molar-refractivity contribution in [2.24, 2.45) is 17.3 Å². The van der Waals surface area contributed by atoms with Crippen molar-refractivity contribution in [3.63, 3.8) is 0 Å². The highest BCUT2D eigenvalue weighted by molar-refractivity contribution is 7.92. The number of benzene rings is 2. The van der Waals surface area contributed by atoms with Crippen molar-refractivity contribution in [3.05, 3.63) is 36.4 Å². The summed E-state index contributed by atoms with van der Waals surface area (Å²) in [6, 6.07) is 11.3. The number of azo groups is 1. The van der Waals surface area contributed by atoms with Gasteiger partial charge >= 0.3 is 5.13 Å². The fourth-order valence-corrected chi connectivity index (χ4v) is 4.62. The maximum atomic E-state index is 11.9. The number of nitrogens with zero attached hydrogens (tertiary/aromatic N) is 4. The number of ether oxygens (including phenoxy) is 1. The fraction of sp³-hybridized carbons (Fsp3) is 0.381. The van der Waals surface area contributed by atoms with Crippen molar-refractivity contribution in [2.45, 2.75) is 13.8 Å². The number of fused-ring (bicyclic) bond motifs is 1. The summed E-state index contributed by atoms with van der Waals surface area (Å²) in [5.41, 5.74) is 2.76. The van der Waals surface area contributed by atoms with Crippen LogP contribution in [0.15, 0.2) is 46.6 Å². The van der Waals surface area contributed by atoms with Gasteiger partial charge in [-0.15, -0.1) is 0 Å². The standard InChI is InChI=1S/C20H25N5O3S2.CH4O4S/c1-6-25(7-2)14-8-10-16(17(12-14)23-30(5,26)27)21-22-20-24(3)18-13-15(28-4)9-11-19(18)29-20;1-5-6(2,3)4/h8-13H,6-7H2,1-5H3;1H3,(H,2,3,4).